The molecule has 0 amide bonds. The number of nitriles is 1. The van der Waals surface area contributed by atoms with E-state index in [9.17, 15) is 9.18 Å². The van der Waals surface area contributed by atoms with Gasteiger partial charge < -0.3 is 4.74 Å². The number of hydrogen-bond acceptors (Lipinski definition) is 5. The van der Waals surface area contributed by atoms with Gasteiger partial charge in [0, 0.05) is 6.42 Å². The van der Waals surface area contributed by atoms with Crippen LogP contribution in [0.4, 0.5) is 10.1 Å². The van der Waals surface area contributed by atoms with Crippen molar-refractivity contribution >= 4 is 29.0 Å². The fourth-order valence-corrected chi connectivity index (χ4v) is 3.89. The van der Waals surface area contributed by atoms with Crippen molar-refractivity contribution in [2.24, 2.45) is 5.10 Å². The molecule has 1 atom stereocenters. The van der Waals surface area contributed by atoms with Gasteiger partial charge in [-0.15, -0.1) is 0 Å². The van der Waals surface area contributed by atoms with Gasteiger partial charge in [0.1, 0.15) is 5.82 Å². The average Bonchev–Trinajstić information content (AvgIpc) is 3.25. The summed E-state index contributed by atoms with van der Waals surface area (Å²) in [5, 5.41) is 16.1. The molecule has 0 aromatic heterocycles. The van der Waals surface area contributed by atoms with Crippen LogP contribution < -0.4 is 5.01 Å². The summed E-state index contributed by atoms with van der Waals surface area (Å²) in [6.45, 7) is 2.07. The highest BCUT2D eigenvalue weighted by atomic mass is 35.5. The number of hydrazone groups is 1. The van der Waals surface area contributed by atoms with Crippen LogP contribution in [0.2, 0.25) is 5.02 Å². The molecule has 7 heteroatoms. The van der Waals surface area contributed by atoms with Crippen molar-refractivity contribution in [3.05, 3.63) is 99.8 Å². The van der Waals surface area contributed by atoms with Gasteiger partial charge in [0.2, 0.25) is 0 Å². The maximum atomic E-state index is 13.5. The van der Waals surface area contributed by atoms with E-state index in [4.69, 9.17) is 26.7 Å². The van der Waals surface area contributed by atoms with Crippen LogP contribution in [-0.4, -0.2) is 18.3 Å². The number of esters is 1. The van der Waals surface area contributed by atoms with Gasteiger partial charge in [-0.1, -0.05) is 35.9 Å². The number of ether oxygens (including phenoxy) is 1. The Morgan fingerprint density at radius 3 is 2.53 bits per heavy atom. The zero-order valence-electron chi connectivity index (χ0n) is 17.3. The van der Waals surface area contributed by atoms with Gasteiger partial charge in [-0.25, -0.2) is 9.18 Å². The van der Waals surface area contributed by atoms with Crippen LogP contribution in [0.1, 0.15) is 46.4 Å². The Bertz CT molecular complexity index is 1220. The van der Waals surface area contributed by atoms with Crippen molar-refractivity contribution < 1.29 is 13.9 Å². The highest BCUT2D eigenvalue weighted by Gasteiger charge is 2.31. The molecule has 0 bridgehead atoms. The van der Waals surface area contributed by atoms with Crippen molar-refractivity contribution in [1.82, 2.24) is 0 Å². The molecule has 1 aliphatic heterocycles. The molecule has 0 saturated heterocycles. The molecule has 3 aromatic carbocycles. The second-order valence-electron chi connectivity index (χ2n) is 7.24. The summed E-state index contributed by atoms with van der Waals surface area (Å²) >= 11 is 6.47. The maximum Gasteiger partial charge on any atom is 0.338 e. The molecule has 0 N–H and O–H groups in total. The highest BCUT2D eigenvalue weighted by Crippen LogP contribution is 2.40. The molecule has 0 saturated carbocycles. The predicted octanol–water partition coefficient (Wildman–Crippen LogP) is 5.88. The zero-order valence-corrected chi connectivity index (χ0v) is 18.0. The Balaban J connectivity index is 1.71. The molecule has 5 nitrogen and oxygen atoms in total. The van der Waals surface area contributed by atoms with Crippen LogP contribution in [-0.2, 0) is 4.74 Å². The Labute approximate surface area is 190 Å². The van der Waals surface area contributed by atoms with Gasteiger partial charge in [-0.05, 0) is 60.5 Å². The highest BCUT2D eigenvalue weighted by molar-refractivity contribution is 6.33. The molecule has 1 aliphatic rings. The van der Waals surface area contributed by atoms with Crippen molar-refractivity contribution in [1.29, 1.82) is 5.26 Å². The van der Waals surface area contributed by atoms with Crippen molar-refractivity contribution in [3.63, 3.8) is 0 Å². The SMILES string of the molecule is CCOC(=O)c1ccc(C2=NN(c3ccc(C#N)cc3Cl)C(c3ccc(F)cc3)C2)cc1. The molecule has 1 unspecified atom stereocenters. The van der Waals surface area contributed by atoms with Crippen LogP contribution in [0.3, 0.4) is 0 Å². The van der Waals surface area contributed by atoms with Crippen molar-refractivity contribution in [2.75, 3.05) is 11.6 Å². The normalized spacial score (nSPS) is 15.2. The number of halogens is 2. The van der Waals surface area contributed by atoms with E-state index in [1.165, 1.54) is 12.1 Å². The monoisotopic (exact) mass is 447 g/mol. The van der Waals surface area contributed by atoms with Crippen molar-refractivity contribution in [3.8, 4) is 6.07 Å². The standard InChI is InChI=1S/C25H19ClFN3O2/c1-2-32-25(31)19-6-4-17(5-7-19)22-14-24(18-8-10-20(27)11-9-18)30(29-22)23-12-3-16(15-28)13-21(23)26/h3-13,24H,2,14H2,1H3. The summed E-state index contributed by atoms with van der Waals surface area (Å²) in [5.74, 6) is -0.687. The first-order valence-corrected chi connectivity index (χ1v) is 10.5. The topological polar surface area (TPSA) is 65.7 Å². The number of nitrogens with zero attached hydrogens (tertiary/aromatic N) is 3. The van der Waals surface area contributed by atoms with Crippen LogP contribution in [0.25, 0.3) is 0 Å². The van der Waals surface area contributed by atoms with E-state index in [1.807, 2.05) is 12.1 Å². The van der Waals surface area contributed by atoms with Gasteiger partial charge >= 0.3 is 5.97 Å². The molecule has 3 aromatic rings. The largest absolute Gasteiger partial charge is 0.462 e. The van der Waals surface area contributed by atoms with E-state index >= 15 is 0 Å². The average molecular weight is 448 g/mol. The number of carbonyl (C=O) groups excluding carboxylic acids is 1. The quantitative estimate of drug-likeness (QED) is 0.458. The summed E-state index contributed by atoms with van der Waals surface area (Å²) in [6.07, 6.45) is 0.556. The molecule has 160 valence electrons. The summed E-state index contributed by atoms with van der Waals surface area (Å²) in [4.78, 5) is 11.9. The van der Waals surface area contributed by atoms with Crippen LogP contribution in [0.5, 0.6) is 0 Å². The summed E-state index contributed by atoms with van der Waals surface area (Å²) in [7, 11) is 0. The van der Waals surface area contributed by atoms with Gasteiger partial charge in [0.05, 0.1) is 46.3 Å². The number of benzene rings is 3. The molecule has 4 rings (SSSR count). The fraction of sp³-hybridized carbons (Fsp3) is 0.160. The third kappa shape index (κ3) is 4.34. The number of hydrogen-bond donors (Lipinski definition) is 0. The second kappa shape index (κ2) is 9.21. The smallest absolute Gasteiger partial charge is 0.338 e. The first-order chi connectivity index (χ1) is 15.5. The third-order valence-corrected chi connectivity index (χ3v) is 5.52. The molecule has 0 radical (unpaired) electrons. The summed E-state index contributed by atoms with van der Waals surface area (Å²) < 4.78 is 18.5. The Morgan fingerprint density at radius 1 is 1.19 bits per heavy atom. The summed E-state index contributed by atoms with van der Waals surface area (Å²) in [6, 6.07) is 20.3. The Hall–Kier alpha value is -3.69. The lowest BCUT2D eigenvalue weighted by atomic mass is 9.97. The lowest BCUT2D eigenvalue weighted by Crippen LogP contribution is -2.19. The molecule has 32 heavy (non-hydrogen) atoms. The maximum absolute atomic E-state index is 13.5. The van der Waals surface area contributed by atoms with E-state index in [-0.39, 0.29) is 17.8 Å². The third-order valence-electron chi connectivity index (χ3n) is 5.22. The minimum Gasteiger partial charge on any atom is -0.462 e. The van der Waals surface area contributed by atoms with E-state index in [1.54, 1.807) is 54.4 Å². The number of anilines is 1. The minimum atomic E-state index is -0.373. The first-order valence-electron chi connectivity index (χ1n) is 10.1. The van der Waals surface area contributed by atoms with E-state index in [0.717, 1.165) is 16.8 Å². The lowest BCUT2D eigenvalue weighted by molar-refractivity contribution is 0.0526. The summed E-state index contributed by atoms with van der Waals surface area (Å²) in [5.41, 5.74) is 4.12. The van der Waals surface area contributed by atoms with Crippen molar-refractivity contribution in [2.45, 2.75) is 19.4 Å². The minimum absolute atomic E-state index is 0.208. The fourth-order valence-electron chi connectivity index (χ4n) is 3.63. The molecule has 0 spiro atoms. The Morgan fingerprint density at radius 2 is 1.91 bits per heavy atom. The molecular formula is C25H19ClFN3O2. The molecule has 1 heterocycles. The Kier molecular flexibility index (Phi) is 6.20. The number of carbonyl (C=O) groups is 1. The number of rotatable bonds is 5. The van der Waals surface area contributed by atoms with E-state index < -0.39 is 0 Å². The van der Waals surface area contributed by atoms with Crippen LogP contribution in [0.15, 0.2) is 71.8 Å². The molecule has 0 aliphatic carbocycles. The predicted molar refractivity (Wildman–Crippen MR) is 121 cm³/mol. The van der Waals surface area contributed by atoms with Gasteiger partial charge in [0.15, 0.2) is 0 Å². The molecular weight excluding hydrogens is 429 g/mol. The van der Waals surface area contributed by atoms with Gasteiger partial charge in [-0.3, -0.25) is 5.01 Å². The zero-order chi connectivity index (χ0) is 22.7. The lowest BCUT2D eigenvalue weighted by Gasteiger charge is -2.25. The van der Waals surface area contributed by atoms with Gasteiger partial charge in [-0.2, -0.15) is 10.4 Å². The second-order valence-corrected chi connectivity index (χ2v) is 7.65. The first kappa shape index (κ1) is 21.5. The van der Waals surface area contributed by atoms with Gasteiger partial charge in [0.25, 0.3) is 0 Å². The molecule has 0 fully saturated rings. The van der Waals surface area contributed by atoms with E-state index in [0.29, 0.717) is 34.9 Å². The van der Waals surface area contributed by atoms with E-state index in [2.05, 4.69) is 6.07 Å². The van der Waals surface area contributed by atoms with Crippen LogP contribution in [0, 0.1) is 17.1 Å². The van der Waals surface area contributed by atoms with Crippen LogP contribution >= 0.6 is 11.6 Å².